The number of rotatable bonds is 4. The number of para-hydroxylation sites is 1. The molecule has 2 aromatic heterocycles. The van der Waals surface area contributed by atoms with Crippen molar-refractivity contribution in [3.8, 4) is 0 Å². The van der Waals surface area contributed by atoms with Crippen LogP contribution in [0.1, 0.15) is 27.6 Å². The summed E-state index contributed by atoms with van der Waals surface area (Å²) in [4.78, 5) is 41.5. The van der Waals surface area contributed by atoms with Gasteiger partial charge in [-0.1, -0.05) is 12.1 Å². The van der Waals surface area contributed by atoms with Crippen molar-refractivity contribution in [1.82, 2.24) is 9.55 Å². The van der Waals surface area contributed by atoms with Crippen LogP contribution in [0.3, 0.4) is 0 Å². The Hall–Kier alpha value is -3.48. The number of nitrogens with one attached hydrogen (secondary N) is 1. The fourth-order valence-corrected chi connectivity index (χ4v) is 2.73. The van der Waals surface area contributed by atoms with E-state index in [0.29, 0.717) is 17.6 Å². The molecule has 26 heavy (non-hydrogen) atoms. The van der Waals surface area contributed by atoms with E-state index in [0.717, 1.165) is 0 Å². The molecule has 2 heterocycles. The summed E-state index contributed by atoms with van der Waals surface area (Å²) in [5.41, 5.74) is 0.546. The third-order valence-corrected chi connectivity index (χ3v) is 3.99. The number of methoxy groups -OCH3 is 1. The number of aromatic nitrogens is 2. The predicted octanol–water partition coefficient (Wildman–Crippen LogP) is 2.46. The number of hydrogen-bond acceptors (Lipinski definition) is 5. The first-order valence-electron chi connectivity index (χ1n) is 8.04. The Kier molecular flexibility index (Phi) is 4.79. The van der Waals surface area contributed by atoms with Gasteiger partial charge in [-0.05, 0) is 37.3 Å². The maximum absolute atomic E-state index is 12.7. The van der Waals surface area contributed by atoms with Crippen molar-refractivity contribution in [3.63, 3.8) is 0 Å². The molecule has 0 aliphatic heterocycles. The molecular formula is C19H17N3O4. The van der Waals surface area contributed by atoms with Crippen LogP contribution in [0.25, 0.3) is 11.0 Å². The maximum atomic E-state index is 12.7. The molecule has 0 spiro atoms. The van der Waals surface area contributed by atoms with Crippen LogP contribution in [0.15, 0.2) is 53.5 Å². The first kappa shape index (κ1) is 17.3. The van der Waals surface area contributed by atoms with Crippen molar-refractivity contribution < 1.29 is 14.3 Å². The van der Waals surface area contributed by atoms with Crippen LogP contribution in [0.4, 0.5) is 5.69 Å². The van der Waals surface area contributed by atoms with Gasteiger partial charge in [0.15, 0.2) is 0 Å². The van der Waals surface area contributed by atoms with Gasteiger partial charge in [0.1, 0.15) is 11.2 Å². The molecule has 1 N–H and O–H groups in total. The summed E-state index contributed by atoms with van der Waals surface area (Å²) in [5, 5.41) is 3.31. The molecule has 3 rings (SSSR count). The number of amides is 1. The van der Waals surface area contributed by atoms with Crippen LogP contribution in [0.2, 0.25) is 0 Å². The molecule has 0 aliphatic carbocycles. The molecule has 7 nitrogen and oxygen atoms in total. The lowest BCUT2D eigenvalue weighted by atomic mass is 10.1. The number of carbonyl (C=O) groups is 2. The second-order valence-corrected chi connectivity index (χ2v) is 5.51. The highest BCUT2D eigenvalue weighted by Gasteiger charge is 2.18. The largest absolute Gasteiger partial charge is 0.465 e. The molecule has 0 bridgehead atoms. The van der Waals surface area contributed by atoms with Crippen molar-refractivity contribution >= 4 is 28.6 Å². The monoisotopic (exact) mass is 351 g/mol. The number of pyridine rings is 2. The second-order valence-electron chi connectivity index (χ2n) is 5.51. The Morgan fingerprint density at radius 3 is 2.65 bits per heavy atom. The highest BCUT2D eigenvalue weighted by Crippen LogP contribution is 2.18. The molecule has 7 heteroatoms. The highest BCUT2D eigenvalue weighted by molar-refractivity contribution is 6.08. The van der Waals surface area contributed by atoms with Crippen molar-refractivity contribution in [1.29, 1.82) is 0 Å². The van der Waals surface area contributed by atoms with Crippen LogP contribution < -0.4 is 10.9 Å². The number of benzene rings is 1. The average molecular weight is 351 g/mol. The number of esters is 1. The summed E-state index contributed by atoms with van der Waals surface area (Å²) in [7, 11) is 1.26. The predicted molar refractivity (Wildman–Crippen MR) is 97.4 cm³/mol. The number of fused-ring (bicyclic) bond motifs is 1. The Morgan fingerprint density at radius 1 is 1.15 bits per heavy atom. The minimum absolute atomic E-state index is 0.0213. The van der Waals surface area contributed by atoms with Crippen LogP contribution in [-0.2, 0) is 11.3 Å². The number of nitrogens with zero attached hydrogens (tertiary/aromatic N) is 2. The fourth-order valence-electron chi connectivity index (χ4n) is 2.73. The summed E-state index contributed by atoms with van der Waals surface area (Å²) in [6.45, 7) is 2.19. The van der Waals surface area contributed by atoms with E-state index in [1.54, 1.807) is 36.5 Å². The number of carbonyl (C=O) groups excluding carboxylic acids is 2. The lowest BCUT2D eigenvalue weighted by Crippen LogP contribution is -2.29. The van der Waals surface area contributed by atoms with E-state index in [2.05, 4.69) is 10.3 Å². The molecule has 1 amide bonds. The van der Waals surface area contributed by atoms with E-state index in [9.17, 15) is 14.4 Å². The minimum Gasteiger partial charge on any atom is -0.465 e. The van der Waals surface area contributed by atoms with E-state index in [1.807, 2.05) is 6.92 Å². The summed E-state index contributed by atoms with van der Waals surface area (Å²) < 4.78 is 6.16. The summed E-state index contributed by atoms with van der Waals surface area (Å²) in [6, 6.07) is 11.5. The van der Waals surface area contributed by atoms with Gasteiger partial charge >= 0.3 is 5.97 Å². The van der Waals surface area contributed by atoms with Crippen molar-refractivity contribution in [3.05, 3.63) is 70.1 Å². The second kappa shape index (κ2) is 7.18. The lowest BCUT2D eigenvalue weighted by molar-refractivity contribution is 0.0602. The van der Waals surface area contributed by atoms with Crippen LogP contribution in [-0.4, -0.2) is 28.5 Å². The molecule has 0 fully saturated rings. The normalized spacial score (nSPS) is 10.5. The quantitative estimate of drug-likeness (QED) is 0.729. The SMILES string of the molecule is CCn1c(=O)c(C(=O)Nc2ccccc2C(=O)OC)cc2cccnc21. The zero-order valence-corrected chi connectivity index (χ0v) is 14.4. The molecule has 0 unspecified atom stereocenters. The van der Waals surface area contributed by atoms with E-state index in [-0.39, 0.29) is 16.8 Å². The van der Waals surface area contributed by atoms with Crippen LogP contribution in [0.5, 0.6) is 0 Å². The Labute approximate surface area is 149 Å². The van der Waals surface area contributed by atoms with Gasteiger partial charge in [-0.15, -0.1) is 0 Å². The summed E-state index contributed by atoms with van der Waals surface area (Å²) in [6.07, 6.45) is 1.60. The Morgan fingerprint density at radius 2 is 1.92 bits per heavy atom. The zero-order valence-electron chi connectivity index (χ0n) is 14.4. The van der Waals surface area contributed by atoms with Crippen molar-refractivity contribution in [2.24, 2.45) is 0 Å². The smallest absolute Gasteiger partial charge is 0.339 e. The standard InChI is InChI=1S/C19H17N3O4/c1-3-22-16-12(7-6-10-20-16)11-14(18(22)24)17(23)21-15-9-5-4-8-13(15)19(25)26-2/h4-11H,3H2,1-2H3,(H,21,23). The lowest BCUT2D eigenvalue weighted by Gasteiger charge is -2.12. The molecule has 132 valence electrons. The van der Waals surface area contributed by atoms with E-state index < -0.39 is 17.4 Å². The molecule has 0 aliphatic rings. The first-order chi connectivity index (χ1) is 12.6. The van der Waals surface area contributed by atoms with Gasteiger partial charge in [-0.2, -0.15) is 0 Å². The van der Waals surface area contributed by atoms with Gasteiger partial charge in [0, 0.05) is 18.1 Å². The van der Waals surface area contributed by atoms with E-state index in [4.69, 9.17) is 4.74 Å². The third kappa shape index (κ3) is 3.06. The number of ether oxygens (including phenoxy) is 1. The Balaban J connectivity index is 2.06. The van der Waals surface area contributed by atoms with Crippen molar-refractivity contribution in [2.75, 3.05) is 12.4 Å². The maximum Gasteiger partial charge on any atom is 0.339 e. The topological polar surface area (TPSA) is 90.3 Å². The summed E-state index contributed by atoms with van der Waals surface area (Å²) in [5.74, 6) is -1.17. The van der Waals surface area contributed by atoms with Crippen molar-refractivity contribution in [2.45, 2.75) is 13.5 Å². The van der Waals surface area contributed by atoms with Gasteiger partial charge in [0.05, 0.1) is 18.4 Å². The number of aryl methyl sites for hydroxylation is 1. The van der Waals surface area contributed by atoms with Gasteiger partial charge in [0.2, 0.25) is 0 Å². The van der Waals surface area contributed by atoms with Gasteiger partial charge < -0.3 is 10.1 Å². The molecular weight excluding hydrogens is 334 g/mol. The third-order valence-electron chi connectivity index (χ3n) is 3.99. The first-order valence-corrected chi connectivity index (χ1v) is 8.04. The molecule has 0 saturated carbocycles. The molecule has 3 aromatic rings. The Bertz CT molecular complexity index is 1060. The highest BCUT2D eigenvalue weighted by atomic mass is 16.5. The zero-order chi connectivity index (χ0) is 18.7. The average Bonchev–Trinajstić information content (AvgIpc) is 2.67. The molecule has 1 aromatic carbocycles. The van der Waals surface area contributed by atoms with E-state index >= 15 is 0 Å². The number of hydrogen-bond donors (Lipinski definition) is 1. The summed E-state index contributed by atoms with van der Waals surface area (Å²) >= 11 is 0. The van der Waals surface area contributed by atoms with Crippen LogP contribution >= 0.6 is 0 Å². The molecule has 0 radical (unpaired) electrons. The van der Waals surface area contributed by atoms with E-state index in [1.165, 1.54) is 23.8 Å². The molecule has 0 saturated heterocycles. The van der Waals surface area contributed by atoms with Gasteiger partial charge in [-0.3, -0.25) is 14.2 Å². The fraction of sp³-hybridized carbons (Fsp3) is 0.158. The van der Waals surface area contributed by atoms with Gasteiger partial charge in [0.25, 0.3) is 11.5 Å². The minimum atomic E-state index is -0.598. The van der Waals surface area contributed by atoms with Crippen LogP contribution in [0, 0.1) is 0 Å². The van der Waals surface area contributed by atoms with Gasteiger partial charge in [-0.25, -0.2) is 9.78 Å². The number of anilines is 1. The molecule has 0 atom stereocenters.